The molecule has 0 bridgehead atoms. The minimum absolute atomic E-state index is 0. The summed E-state index contributed by atoms with van der Waals surface area (Å²) >= 11 is 1.58. The lowest BCUT2D eigenvalue weighted by Crippen LogP contribution is -2.33. The Labute approximate surface area is 184 Å². The monoisotopic (exact) mass is 446 g/mol. The molecule has 4 rings (SSSR count). The van der Waals surface area contributed by atoms with Gasteiger partial charge in [0.05, 0.1) is 6.10 Å². The van der Waals surface area contributed by atoms with E-state index in [0.29, 0.717) is 18.8 Å². The lowest BCUT2D eigenvalue weighted by Gasteiger charge is -2.16. The zero-order valence-corrected chi connectivity index (χ0v) is 17.7. The second-order valence-corrected chi connectivity index (χ2v) is 7.64. The van der Waals surface area contributed by atoms with Crippen molar-refractivity contribution in [3.63, 3.8) is 0 Å². The van der Waals surface area contributed by atoms with Crippen LogP contribution in [0.4, 0.5) is 0 Å². The van der Waals surface area contributed by atoms with E-state index in [1.54, 1.807) is 11.3 Å². The maximum absolute atomic E-state index is 10.2. The van der Waals surface area contributed by atoms with Crippen LogP contribution in [0.15, 0.2) is 70.6 Å². The largest absolute Gasteiger partial charge is 0.491 e. The number of aliphatic hydroxyl groups excluding tert-OH is 2. The fourth-order valence-electron chi connectivity index (χ4n) is 3.03. The molecule has 0 aliphatic heterocycles. The van der Waals surface area contributed by atoms with Crippen molar-refractivity contribution in [2.75, 3.05) is 19.7 Å². The summed E-state index contributed by atoms with van der Waals surface area (Å²) in [6, 6.07) is 18.9. The van der Waals surface area contributed by atoms with Crippen LogP contribution < -0.4 is 10.1 Å². The van der Waals surface area contributed by atoms with Crippen molar-refractivity contribution in [2.45, 2.75) is 12.2 Å². The van der Waals surface area contributed by atoms with Crippen LogP contribution in [0.5, 0.6) is 5.75 Å². The molecule has 0 saturated heterocycles. The third-order valence-electron chi connectivity index (χ3n) is 4.53. The number of nitrogens with one attached hydrogen (secondary N) is 1. The number of ether oxygens (including phenoxy) is 1. The zero-order chi connectivity index (χ0) is 20.1. The number of thiophene rings is 1. The average Bonchev–Trinajstić information content (AvgIpc) is 3.37. The number of fused-ring (bicyclic) bond motifs is 1. The van der Waals surface area contributed by atoms with Gasteiger partial charge in [-0.3, -0.25) is 0 Å². The Morgan fingerprint density at radius 1 is 1.03 bits per heavy atom. The van der Waals surface area contributed by atoms with Crippen LogP contribution in [-0.2, 0) is 0 Å². The van der Waals surface area contributed by atoms with Gasteiger partial charge in [0.1, 0.15) is 28.9 Å². The van der Waals surface area contributed by atoms with E-state index in [9.17, 15) is 10.2 Å². The van der Waals surface area contributed by atoms with Gasteiger partial charge in [0.2, 0.25) is 0 Å². The molecule has 0 radical (unpaired) electrons. The standard InChI is InChI=1S/C22H22N2O4S.ClH/c25-17(12-23-13-19(26)15-5-2-1-3-6-15)14-27-18-8-4-7-16(11-18)21-22-20(28-24-21)9-10-29-22;/h1-11,17,19,23,25-26H,12-14H2;1H. The Balaban J connectivity index is 0.00000256. The van der Waals surface area contributed by atoms with Gasteiger partial charge < -0.3 is 24.8 Å². The van der Waals surface area contributed by atoms with Crippen molar-refractivity contribution in [3.05, 3.63) is 71.6 Å². The summed E-state index contributed by atoms with van der Waals surface area (Å²) in [5.41, 5.74) is 3.31. The predicted molar refractivity (Wildman–Crippen MR) is 120 cm³/mol. The van der Waals surface area contributed by atoms with Gasteiger partial charge in [-0.15, -0.1) is 23.7 Å². The Bertz CT molecular complexity index is 1050. The molecule has 2 atom stereocenters. The highest BCUT2D eigenvalue weighted by Crippen LogP contribution is 2.33. The van der Waals surface area contributed by atoms with Crippen LogP contribution >= 0.6 is 23.7 Å². The molecule has 2 aromatic heterocycles. The van der Waals surface area contributed by atoms with Gasteiger partial charge in [0.25, 0.3) is 0 Å². The summed E-state index contributed by atoms with van der Waals surface area (Å²) in [6.07, 6.45) is -1.31. The fourth-order valence-corrected chi connectivity index (χ4v) is 3.84. The molecule has 2 heterocycles. The van der Waals surface area contributed by atoms with Gasteiger partial charge in [0, 0.05) is 18.7 Å². The molecule has 6 nitrogen and oxygen atoms in total. The number of nitrogens with zero attached hydrogens (tertiary/aromatic N) is 1. The molecule has 0 amide bonds. The van der Waals surface area contributed by atoms with Crippen LogP contribution in [0.2, 0.25) is 0 Å². The Morgan fingerprint density at radius 2 is 1.87 bits per heavy atom. The molecular weight excluding hydrogens is 424 g/mol. The van der Waals surface area contributed by atoms with E-state index >= 15 is 0 Å². The van der Waals surface area contributed by atoms with Crippen LogP contribution in [0, 0.1) is 0 Å². The summed E-state index contributed by atoms with van der Waals surface area (Å²) in [5, 5.41) is 29.5. The molecule has 3 N–H and O–H groups in total. The van der Waals surface area contributed by atoms with Gasteiger partial charge >= 0.3 is 0 Å². The minimum atomic E-state index is -0.697. The van der Waals surface area contributed by atoms with Gasteiger partial charge in [-0.1, -0.05) is 47.6 Å². The normalized spacial score (nSPS) is 13.0. The van der Waals surface area contributed by atoms with Crippen LogP contribution in [0.25, 0.3) is 21.5 Å². The summed E-state index contributed by atoms with van der Waals surface area (Å²) in [7, 11) is 0. The topological polar surface area (TPSA) is 87.8 Å². The highest BCUT2D eigenvalue weighted by Gasteiger charge is 2.13. The number of halogens is 1. The summed E-state index contributed by atoms with van der Waals surface area (Å²) in [5.74, 6) is 0.651. The van der Waals surface area contributed by atoms with Gasteiger partial charge in [-0.2, -0.15) is 0 Å². The molecule has 0 fully saturated rings. The van der Waals surface area contributed by atoms with Crippen molar-refractivity contribution in [1.82, 2.24) is 10.5 Å². The molecule has 8 heteroatoms. The second kappa shape index (κ2) is 10.6. The number of hydrogen-bond donors (Lipinski definition) is 3. The molecule has 0 aliphatic rings. The lowest BCUT2D eigenvalue weighted by molar-refractivity contribution is 0.0996. The summed E-state index contributed by atoms with van der Waals surface area (Å²) in [4.78, 5) is 0. The second-order valence-electron chi connectivity index (χ2n) is 6.72. The van der Waals surface area contributed by atoms with Crippen molar-refractivity contribution in [2.24, 2.45) is 0 Å². The Hall–Kier alpha value is -2.42. The van der Waals surface area contributed by atoms with Crippen LogP contribution in [-0.4, -0.2) is 41.2 Å². The SMILES string of the molecule is Cl.OC(CNCC(O)c1ccccc1)COc1cccc(-c2noc3ccsc23)c1. The first-order valence-electron chi connectivity index (χ1n) is 9.38. The number of rotatable bonds is 9. The van der Waals surface area contributed by atoms with E-state index in [0.717, 1.165) is 27.1 Å². The van der Waals surface area contributed by atoms with Gasteiger partial charge in [0.15, 0.2) is 5.58 Å². The fraction of sp³-hybridized carbons (Fsp3) is 0.227. The smallest absolute Gasteiger partial charge is 0.178 e. The molecule has 0 spiro atoms. The molecule has 4 aromatic rings. The van der Waals surface area contributed by atoms with Crippen molar-refractivity contribution in [3.8, 4) is 17.0 Å². The quantitative estimate of drug-likeness (QED) is 0.359. The third kappa shape index (κ3) is 5.38. The Kier molecular flexibility index (Phi) is 7.84. The molecule has 30 heavy (non-hydrogen) atoms. The number of hydrogen-bond acceptors (Lipinski definition) is 7. The zero-order valence-electron chi connectivity index (χ0n) is 16.1. The molecule has 0 saturated carbocycles. The van der Waals surface area contributed by atoms with E-state index in [-0.39, 0.29) is 19.0 Å². The van der Waals surface area contributed by atoms with E-state index in [1.807, 2.05) is 66.0 Å². The highest BCUT2D eigenvalue weighted by molar-refractivity contribution is 7.17. The first-order valence-corrected chi connectivity index (χ1v) is 10.3. The lowest BCUT2D eigenvalue weighted by atomic mass is 10.1. The van der Waals surface area contributed by atoms with Crippen LogP contribution in [0.1, 0.15) is 11.7 Å². The maximum Gasteiger partial charge on any atom is 0.178 e. The highest BCUT2D eigenvalue weighted by atomic mass is 35.5. The van der Waals surface area contributed by atoms with Crippen molar-refractivity contribution >= 4 is 34.0 Å². The average molecular weight is 447 g/mol. The molecule has 158 valence electrons. The van der Waals surface area contributed by atoms with Gasteiger partial charge in [-0.25, -0.2) is 0 Å². The van der Waals surface area contributed by atoms with E-state index in [2.05, 4.69) is 10.5 Å². The van der Waals surface area contributed by atoms with E-state index in [1.165, 1.54) is 0 Å². The Morgan fingerprint density at radius 3 is 2.70 bits per heavy atom. The minimum Gasteiger partial charge on any atom is -0.491 e. The van der Waals surface area contributed by atoms with E-state index in [4.69, 9.17) is 9.26 Å². The maximum atomic E-state index is 10.2. The first-order chi connectivity index (χ1) is 14.2. The van der Waals surface area contributed by atoms with Crippen molar-refractivity contribution < 1.29 is 19.5 Å². The van der Waals surface area contributed by atoms with Crippen LogP contribution in [0.3, 0.4) is 0 Å². The van der Waals surface area contributed by atoms with E-state index < -0.39 is 12.2 Å². The van der Waals surface area contributed by atoms with Gasteiger partial charge in [-0.05, 0) is 29.1 Å². The molecule has 0 aliphatic carbocycles. The third-order valence-corrected chi connectivity index (χ3v) is 5.43. The first kappa shape index (κ1) is 22.3. The predicted octanol–water partition coefficient (Wildman–Crippen LogP) is 4.04. The summed E-state index contributed by atoms with van der Waals surface area (Å²) < 4.78 is 12.1. The van der Waals surface area contributed by atoms with Crippen molar-refractivity contribution in [1.29, 1.82) is 0 Å². The number of benzene rings is 2. The summed E-state index contributed by atoms with van der Waals surface area (Å²) in [6.45, 7) is 0.827. The molecule has 2 aromatic carbocycles. The molecule has 2 unspecified atom stereocenters. The number of aromatic nitrogens is 1. The molecular formula is C22H23ClN2O4S. The number of aliphatic hydroxyl groups is 2.